The van der Waals surface area contributed by atoms with Crippen LogP contribution in [0.3, 0.4) is 0 Å². The number of anilines is 1. The van der Waals surface area contributed by atoms with E-state index in [1.807, 2.05) is 65.0 Å². The second-order valence-electron chi connectivity index (χ2n) is 7.61. The van der Waals surface area contributed by atoms with Crippen LogP contribution in [0.2, 0.25) is 0 Å². The van der Waals surface area contributed by atoms with E-state index < -0.39 is 18.5 Å². The Morgan fingerprint density at radius 1 is 0.900 bits per heavy atom. The SMILES string of the molecule is Cc1ccc(-n2nc(C)c(C(=O)OCC(=O)Nc3c(C)cc(C)cc3C)n2)c(C)c1. The van der Waals surface area contributed by atoms with Gasteiger partial charge in [0.25, 0.3) is 5.91 Å². The number of amides is 1. The monoisotopic (exact) mass is 406 g/mol. The zero-order valence-electron chi connectivity index (χ0n) is 18.2. The number of aromatic nitrogens is 3. The molecule has 7 nitrogen and oxygen atoms in total. The number of aryl methyl sites for hydroxylation is 6. The van der Waals surface area contributed by atoms with Crippen molar-refractivity contribution in [1.29, 1.82) is 0 Å². The summed E-state index contributed by atoms with van der Waals surface area (Å²) < 4.78 is 5.18. The molecule has 0 bridgehead atoms. The Hall–Kier alpha value is -3.48. The smallest absolute Gasteiger partial charge is 0.361 e. The second-order valence-corrected chi connectivity index (χ2v) is 7.61. The molecular weight excluding hydrogens is 380 g/mol. The third kappa shape index (κ3) is 4.56. The average Bonchev–Trinajstić information content (AvgIpc) is 3.04. The van der Waals surface area contributed by atoms with Crippen LogP contribution in [0, 0.1) is 41.5 Å². The molecule has 30 heavy (non-hydrogen) atoms. The fourth-order valence-electron chi connectivity index (χ4n) is 3.46. The summed E-state index contributed by atoms with van der Waals surface area (Å²) in [5.74, 6) is -1.09. The summed E-state index contributed by atoms with van der Waals surface area (Å²) in [7, 11) is 0. The lowest BCUT2D eigenvalue weighted by molar-refractivity contribution is -0.119. The maximum Gasteiger partial charge on any atom is 0.361 e. The number of carbonyl (C=O) groups excluding carboxylic acids is 2. The van der Waals surface area contributed by atoms with Crippen LogP contribution in [0.25, 0.3) is 5.69 Å². The second kappa shape index (κ2) is 8.49. The molecule has 2 aromatic carbocycles. The highest BCUT2D eigenvalue weighted by Crippen LogP contribution is 2.22. The van der Waals surface area contributed by atoms with Crippen molar-refractivity contribution in [2.75, 3.05) is 11.9 Å². The summed E-state index contributed by atoms with van der Waals surface area (Å²) in [4.78, 5) is 26.2. The van der Waals surface area contributed by atoms with E-state index in [4.69, 9.17) is 4.74 Å². The number of esters is 1. The standard InChI is InChI=1S/C23H26N4O3/c1-13-7-8-19(15(3)9-13)27-25-18(6)22(26-27)23(29)30-12-20(28)24-21-16(4)10-14(2)11-17(21)5/h7-11H,12H2,1-6H3,(H,24,28). The molecule has 1 N–H and O–H groups in total. The lowest BCUT2D eigenvalue weighted by Gasteiger charge is -2.12. The van der Waals surface area contributed by atoms with Crippen molar-refractivity contribution in [3.05, 3.63) is 69.5 Å². The highest BCUT2D eigenvalue weighted by molar-refractivity contribution is 5.96. The zero-order chi connectivity index (χ0) is 22.0. The molecule has 0 saturated carbocycles. The summed E-state index contributed by atoms with van der Waals surface area (Å²) in [6, 6.07) is 9.86. The third-order valence-corrected chi connectivity index (χ3v) is 4.82. The van der Waals surface area contributed by atoms with Crippen molar-refractivity contribution in [1.82, 2.24) is 15.0 Å². The number of rotatable bonds is 5. The van der Waals surface area contributed by atoms with Crippen LogP contribution in [-0.4, -0.2) is 33.5 Å². The Morgan fingerprint density at radius 3 is 2.17 bits per heavy atom. The van der Waals surface area contributed by atoms with Gasteiger partial charge in [-0.15, -0.1) is 5.10 Å². The summed E-state index contributed by atoms with van der Waals surface area (Å²) in [5.41, 5.74) is 7.20. The van der Waals surface area contributed by atoms with E-state index in [-0.39, 0.29) is 5.69 Å². The lowest BCUT2D eigenvalue weighted by Crippen LogP contribution is -2.22. The molecule has 0 radical (unpaired) electrons. The first-order valence-electron chi connectivity index (χ1n) is 9.72. The van der Waals surface area contributed by atoms with E-state index in [0.717, 1.165) is 39.2 Å². The molecule has 1 amide bonds. The number of nitrogens with zero attached hydrogens (tertiary/aromatic N) is 3. The van der Waals surface area contributed by atoms with E-state index in [1.165, 1.54) is 4.80 Å². The largest absolute Gasteiger partial charge is 0.451 e. The molecule has 0 atom stereocenters. The Labute approximate surface area is 176 Å². The summed E-state index contributed by atoms with van der Waals surface area (Å²) in [6.45, 7) is 11.1. The Kier molecular flexibility index (Phi) is 6.01. The molecule has 1 heterocycles. The molecule has 1 aromatic heterocycles. The van der Waals surface area contributed by atoms with Gasteiger partial charge in [0, 0.05) is 5.69 Å². The van der Waals surface area contributed by atoms with Crippen LogP contribution in [0.15, 0.2) is 30.3 Å². The molecule has 3 aromatic rings. The first-order chi connectivity index (χ1) is 14.2. The zero-order valence-corrected chi connectivity index (χ0v) is 18.2. The number of benzene rings is 2. The first kappa shape index (κ1) is 21.2. The van der Waals surface area contributed by atoms with Crippen molar-refractivity contribution < 1.29 is 14.3 Å². The molecule has 3 rings (SSSR count). The Bertz CT molecular complexity index is 1110. The van der Waals surface area contributed by atoms with Gasteiger partial charge >= 0.3 is 5.97 Å². The number of hydrogen-bond acceptors (Lipinski definition) is 5. The first-order valence-corrected chi connectivity index (χ1v) is 9.72. The lowest BCUT2D eigenvalue weighted by atomic mass is 10.1. The summed E-state index contributed by atoms with van der Waals surface area (Å²) in [5, 5.41) is 11.4. The predicted molar refractivity (Wildman–Crippen MR) is 115 cm³/mol. The maximum atomic E-state index is 12.5. The molecule has 0 saturated heterocycles. The molecule has 0 fully saturated rings. The molecule has 0 aliphatic rings. The predicted octanol–water partition coefficient (Wildman–Crippen LogP) is 3.91. The summed E-state index contributed by atoms with van der Waals surface area (Å²) >= 11 is 0. The van der Waals surface area contributed by atoms with Gasteiger partial charge in [0.15, 0.2) is 12.3 Å². The number of ether oxygens (including phenoxy) is 1. The van der Waals surface area contributed by atoms with Crippen LogP contribution >= 0.6 is 0 Å². The van der Waals surface area contributed by atoms with Gasteiger partial charge in [-0.05, 0) is 64.3 Å². The minimum atomic E-state index is -0.684. The van der Waals surface area contributed by atoms with Gasteiger partial charge in [0.05, 0.1) is 11.4 Å². The number of hydrogen-bond donors (Lipinski definition) is 1. The van der Waals surface area contributed by atoms with Crippen molar-refractivity contribution >= 4 is 17.6 Å². The fourth-order valence-corrected chi connectivity index (χ4v) is 3.46. The number of carbonyl (C=O) groups is 2. The molecule has 156 valence electrons. The van der Waals surface area contributed by atoms with Gasteiger partial charge in [0.2, 0.25) is 0 Å². The van der Waals surface area contributed by atoms with Gasteiger partial charge in [-0.1, -0.05) is 35.4 Å². The van der Waals surface area contributed by atoms with Gasteiger partial charge in [0.1, 0.15) is 0 Å². The third-order valence-electron chi connectivity index (χ3n) is 4.82. The molecule has 0 aliphatic carbocycles. The van der Waals surface area contributed by atoms with Gasteiger partial charge in [-0.25, -0.2) is 4.79 Å². The van der Waals surface area contributed by atoms with E-state index in [1.54, 1.807) is 6.92 Å². The van der Waals surface area contributed by atoms with Crippen LogP contribution in [0.4, 0.5) is 5.69 Å². The maximum absolute atomic E-state index is 12.5. The van der Waals surface area contributed by atoms with Crippen molar-refractivity contribution in [3.8, 4) is 5.69 Å². The molecular formula is C23H26N4O3. The molecule has 7 heteroatoms. The number of nitrogens with one attached hydrogen (secondary N) is 1. The minimum Gasteiger partial charge on any atom is -0.451 e. The topological polar surface area (TPSA) is 86.1 Å². The van der Waals surface area contributed by atoms with Crippen LogP contribution in [0.1, 0.15) is 44.0 Å². The van der Waals surface area contributed by atoms with Gasteiger partial charge < -0.3 is 10.1 Å². The highest BCUT2D eigenvalue weighted by Gasteiger charge is 2.20. The summed E-state index contributed by atoms with van der Waals surface area (Å²) in [6.07, 6.45) is 0. The Morgan fingerprint density at radius 2 is 1.53 bits per heavy atom. The Balaban J connectivity index is 1.68. The van der Waals surface area contributed by atoms with E-state index in [9.17, 15) is 9.59 Å². The van der Waals surface area contributed by atoms with E-state index in [2.05, 4.69) is 15.5 Å². The fraction of sp³-hybridized carbons (Fsp3) is 0.304. The molecule has 0 unspecified atom stereocenters. The highest BCUT2D eigenvalue weighted by atomic mass is 16.5. The van der Waals surface area contributed by atoms with Crippen LogP contribution in [0.5, 0.6) is 0 Å². The van der Waals surface area contributed by atoms with Gasteiger partial charge in [-0.2, -0.15) is 9.90 Å². The molecule has 0 aliphatic heterocycles. The van der Waals surface area contributed by atoms with Crippen LogP contribution in [-0.2, 0) is 9.53 Å². The average molecular weight is 406 g/mol. The normalized spacial score (nSPS) is 10.7. The quantitative estimate of drug-likeness (QED) is 0.649. The van der Waals surface area contributed by atoms with Gasteiger partial charge in [-0.3, -0.25) is 4.79 Å². The van der Waals surface area contributed by atoms with Crippen molar-refractivity contribution in [2.24, 2.45) is 0 Å². The van der Waals surface area contributed by atoms with E-state index in [0.29, 0.717) is 5.69 Å². The van der Waals surface area contributed by atoms with Crippen molar-refractivity contribution in [2.45, 2.75) is 41.5 Å². The minimum absolute atomic E-state index is 0.0884. The van der Waals surface area contributed by atoms with E-state index >= 15 is 0 Å². The molecule has 0 spiro atoms. The van der Waals surface area contributed by atoms with Crippen LogP contribution < -0.4 is 5.32 Å². The van der Waals surface area contributed by atoms with Crippen molar-refractivity contribution in [3.63, 3.8) is 0 Å².